The normalized spacial score (nSPS) is 29.0. The van der Waals surface area contributed by atoms with Crippen molar-refractivity contribution in [2.24, 2.45) is 5.92 Å². The number of oxazole rings is 1. The predicted molar refractivity (Wildman–Crippen MR) is 107 cm³/mol. The molecule has 150 valence electrons. The van der Waals surface area contributed by atoms with Gasteiger partial charge in [0.25, 0.3) is 0 Å². The van der Waals surface area contributed by atoms with Crippen molar-refractivity contribution in [2.75, 3.05) is 20.3 Å². The summed E-state index contributed by atoms with van der Waals surface area (Å²) in [7, 11) is 1.77. The van der Waals surface area contributed by atoms with E-state index >= 15 is 0 Å². The average molecular weight is 404 g/mol. The van der Waals surface area contributed by atoms with E-state index in [1.54, 1.807) is 29.9 Å². The minimum Gasteiger partial charge on any atom is -0.408 e. The quantitative estimate of drug-likeness (QED) is 0.572. The summed E-state index contributed by atoms with van der Waals surface area (Å²) < 4.78 is 12.4. The van der Waals surface area contributed by atoms with Gasteiger partial charge in [-0.2, -0.15) is 5.26 Å². The summed E-state index contributed by atoms with van der Waals surface area (Å²) >= 11 is 6.79. The molecule has 1 saturated carbocycles. The predicted octanol–water partition coefficient (Wildman–Crippen LogP) is 3.87. The third-order valence-electron chi connectivity index (χ3n) is 6.34. The number of methoxy groups -OCH3 is 1. The fourth-order valence-electron chi connectivity index (χ4n) is 4.89. The zero-order valence-corrected chi connectivity index (χ0v) is 16.9. The van der Waals surface area contributed by atoms with E-state index in [-0.39, 0.29) is 17.3 Å². The number of ether oxygens (including phenoxy) is 1. The van der Waals surface area contributed by atoms with Crippen LogP contribution in [0.2, 0.25) is 0 Å². The van der Waals surface area contributed by atoms with E-state index in [4.69, 9.17) is 20.8 Å². The van der Waals surface area contributed by atoms with Crippen molar-refractivity contribution in [3.05, 3.63) is 34.3 Å². The van der Waals surface area contributed by atoms with Crippen LogP contribution < -0.4 is 5.76 Å². The molecular formula is C21H26ClN3O3. The Morgan fingerprint density at radius 3 is 2.71 bits per heavy atom. The van der Waals surface area contributed by atoms with Crippen LogP contribution in [0, 0.1) is 17.2 Å². The Hall–Kier alpha value is -1.81. The Balaban J connectivity index is 1.48. The molecule has 0 spiro atoms. The van der Waals surface area contributed by atoms with Crippen LogP contribution in [0.4, 0.5) is 0 Å². The number of alkyl halides is 1. The number of likely N-dealkylation sites (tertiary alicyclic amines) is 1. The first-order valence-electron chi connectivity index (χ1n) is 10.0. The third-order valence-corrected chi connectivity index (χ3v) is 6.77. The second-order valence-electron chi connectivity index (χ2n) is 8.01. The summed E-state index contributed by atoms with van der Waals surface area (Å²) in [5, 5.41) is 9.17. The topological polar surface area (TPSA) is 71.4 Å². The lowest BCUT2D eigenvalue weighted by Crippen LogP contribution is -2.48. The van der Waals surface area contributed by atoms with E-state index in [1.807, 2.05) is 0 Å². The zero-order valence-electron chi connectivity index (χ0n) is 16.1. The van der Waals surface area contributed by atoms with Gasteiger partial charge < -0.3 is 9.15 Å². The Morgan fingerprint density at radius 2 is 2.04 bits per heavy atom. The van der Waals surface area contributed by atoms with Crippen LogP contribution in [0.25, 0.3) is 11.1 Å². The van der Waals surface area contributed by atoms with Crippen molar-refractivity contribution >= 4 is 22.7 Å². The molecule has 0 amide bonds. The molecular weight excluding hydrogens is 378 g/mol. The molecule has 7 heteroatoms. The standard InChI is InChI=1S/C21H26ClN3O3/c1-27-13-14-2-5-16(6-3-14)24-9-8-17(11-20(24)22)25-18-10-15(12-23)4-7-19(18)28-21(25)26/h4,7,10,14,16-17,20H,2-3,5-6,8-9,11,13H2,1H3. The number of piperidine rings is 1. The molecule has 1 aliphatic heterocycles. The lowest BCUT2D eigenvalue weighted by molar-refractivity contribution is 0.0593. The number of aromatic nitrogens is 1. The molecule has 2 aliphatic rings. The van der Waals surface area contributed by atoms with Gasteiger partial charge in [-0.1, -0.05) is 0 Å². The van der Waals surface area contributed by atoms with E-state index in [2.05, 4.69) is 11.0 Å². The molecule has 6 nitrogen and oxygen atoms in total. The maximum atomic E-state index is 12.5. The highest BCUT2D eigenvalue weighted by Gasteiger charge is 2.35. The number of benzene rings is 1. The van der Waals surface area contributed by atoms with E-state index < -0.39 is 0 Å². The number of halogens is 1. The monoisotopic (exact) mass is 403 g/mol. The molecule has 2 unspecified atom stereocenters. The van der Waals surface area contributed by atoms with Crippen molar-refractivity contribution < 1.29 is 9.15 Å². The van der Waals surface area contributed by atoms with Crippen molar-refractivity contribution in [1.29, 1.82) is 5.26 Å². The number of nitriles is 1. The summed E-state index contributed by atoms with van der Waals surface area (Å²) in [6, 6.07) is 7.73. The molecule has 2 heterocycles. The second-order valence-corrected chi connectivity index (χ2v) is 8.52. The van der Waals surface area contributed by atoms with Gasteiger partial charge in [-0.05, 0) is 62.6 Å². The SMILES string of the molecule is COCC1CCC(N2CCC(n3c(=O)oc4ccc(C#N)cc43)CC2Cl)CC1. The Kier molecular flexibility index (Phi) is 5.77. The number of fused-ring (bicyclic) bond motifs is 1. The highest BCUT2D eigenvalue weighted by molar-refractivity contribution is 6.20. The molecule has 2 atom stereocenters. The van der Waals surface area contributed by atoms with Gasteiger partial charge in [0.1, 0.15) is 0 Å². The van der Waals surface area contributed by atoms with Gasteiger partial charge in [0.2, 0.25) is 0 Å². The first-order chi connectivity index (χ1) is 13.6. The van der Waals surface area contributed by atoms with Crippen LogP contribution in [0.15, 0.2) is 27.4 Å². The minimum absolute atomic E-state index is 0.00808. The van der Waals surface area contributed by atoms with Crippen molar-refractivity contribution in [1.82, 2.24) is 9.47 Å². The largest absolute Gasteiger partial charge is 0.420 e. The molecule has 1 aliphatic carbocycles. The Bertz CT molecular complexity index is 923. The molecule has 0 bridgehead atoms. The minimum atomic E-state index is -0.368. The van der Waals surface area contributed by atoms with E-state index in [0.717, 1.165) is 32.4 Å². The van der Waals surface area contributed by atoms with Crippen LogP contribution in [-0.2, 0) is 4.74 Å². The first-order valence-corrected chi connectivity index (χ1v) is 10.5. The number of nitrogens with zero attached hydrogens (tertiary/aromatic N) is 3. The van der Waals surface area contributed by atoms with Gasteiger partial charge >= 0.3 is 5.76 Å². The van der Waals surface area contributed by atoms with Gasteiger partial charge in [-0.25, -0.2) is 4.79 Å². The molecule has 2 fully saturated rings. The van der Waals surface area contributed by atoms with Crippen molar-refractivity contribution in [2.45, 2.75) is 56.1 Å². The fraction of sp³-hybridized carbons (Fsp3) is 0.619. The average Bonchev–Trinajstić information content (AvgIpc) is 3.03. The molecule has 1 saturated heterocycles. The number of rotatable bonds is 4. The van der Waals surface area contributed by atoms with Gasteiger partial charge in [0.05, 0.1) is 22.7 Å². The molecule has 28 heavy (non-hydrogen) atoms. The molecule has 0 N–H and O–H groups in total. The van der Waals surface area contributed by atoms with Crippen LogP contribution in [0.5, 0.6) is 0 Å². The van der Waals surface area contributed by atoms with Crippen molar-refractivity contribution in [3.63, 3.8) is 0 Å². The highest BCUT2D eigenvalue weighted by Crippen LogP contribution is 2.36. The smallest absolute Gasteiger partial charge is 0.408 e. The maximum absolute atomic E-state index is 12.5. The van der Waals surface area contributed by atoms with Crippen LogP contribution >= 0.6 is 11.6 Å². The summed E-state index contributed by atoms with van der Waals surface area (Å²) in [5.41, 5.74) is 1.63. The van der Waals surface area contributed by atoms with Gasteiger partial charge in [-0.3, -0.25) is 9.47 Å². The molecule has 1 aromatic heterocycles. The van der Waals surface area contributed by atoms with Crippen LogP contribution in [-0.4, -0.2) is 41.3 Å². The fourth-order valence-corrected chi connectivity index (χ4v) is 5.35. The van der Waals surface area contributed by atoms with Crippen LogP contribution in [0.1, 0.15) is 50.1 Å². The van der Waals surface area contributed by atoms with Gasteiger partial charge in [-0.15, -0.1) is 11.6 Å². The molecule has 0 radical (unpaired) electrons. The maximum Gasteiger partial charge on any atom is 0.420 e. The zero-order chi connectivity index (χ0) is 19.7. The lowest BCUT2D eigenvalue weighted by Gasteiger charge is -2.43. The van der Waals surface area contributed by atoms with E-state index in [9.17, 15) is 10.1 Å². The Labute approximate surface area is 169 Å². The molecule has 2 aromatic rings. The first kappa shape index (κ1) is 19.5. The summed E-state index contributed by atoms with van der Waals surface area (Å²) in [5.74, 6) is 0.297. The van der Waals surface area contributed by atoms with Crippen molar-refractivity contribution in [3.8, 4) is 6.07 Å². The number of hydrogen-bond donors (Lipinski definition) is 0. The highest BCUT2D eigenvalue weighted by atomic mass is 35.5. The van der Waals surface area contributed by atoms with Gasteiger partial charge in [0.15, 0.2) is 5.58 Å². The molecule has 4 rings (SSSR count). The van der Waals surface area contributed by atoms with Gasteiger partial charge in [0, 0.05) is 32.3 Å². The third kappa shape index (κ3) is 3.71. The summed E-state index contributed by atoms with van der Waals surface area (Å²) in [4.78, 5) is 14.9. The molecule has 1 aromatic carbocycles. The lowest BCUT2D eigenvalue weighted by atomic mass is 9.85. The van der Waals surface area contributed by atoms with Crippen LogP contribution in [0.3, 0.4) is 0 Å². The second kappa shape index (κ2) is 8.28. The number of hydrogen-bond acceptors (Lipinski definition) is 5. The van der Waals surface area contributed by atoms with E-state index in [1.165, 1.54) is 12.8 Å². The summed E-state index contributed by atoms with van der Waals surface area (Å²) in [6.45, 7) is 1.72. The Morgan fingerprint density at radius 1 is 1.25 bits per heavy atom. The van der Waals surface area contributed by atoms with E-state index in [0.29, 0.717) is 35.0 Å². The summed E-state index contributed by atoms with van der Waals surface area (Å²) in [6.07, 6.45) is 6.23.